The average molecular weight is 418 g/mol. The summed E-state index contributed by atoms with van der Waals surface area (Å²) in [7, 11) is 1.71. The number of piperidine rings is 1. The molecule has 1 aliphatic rings. The smallest absolute Gasteiger partial charge is 0.120 e. The van der Waals surface area contributed by atoms with Gasteiger partial charge in [-0.2, -0.15) is 0 Å². The zero-order valence-electron chi connectivity index (χ0n) is 16.6. The molecular weight excluding hydrogens is 385 g/mol. The van der Waals surface area contributed by atoms with E-state index in [1.807, 2.05) is 6.07 Å². The lowest BCUT2D eigenvalue weighted by molar-refractivity contribution is -0.0567. The summed E-state index contributed by atoms with van der Waals surface area (Å²) in [4.78, 5) is 2.55. The number of methoxy groups -OCH3 is 1. The second kappa shape index (κ2) is 12.8. The van der Waals surface area contributed by atoms with Crippen molar-refractivity contribution in [2.45, 2.75) is 45.1 Å². The van der Waals surface area contributed by atoms with Gasteiger partial charge in [-0.15, -0.1) is 0 Å². The molecule has 0 unspecified atom stereocenters. The van der Waals surface area contributed by atoms with Crippen molar-refractivity contribution >= 4 is 23.2 Å². The van der Waals surface area contributed by atoms with Gasteiger partial charge < -0.3 is 19.1 Å². The molecule has 4 nitrogen and oxygen atoms in total. The predicted molar refractivity (Wildman–Crippen MR) is 112 cm³/mol. The molecule has 0 N–H and O–H groups in total. The number of benzene rings is 1. The second-order valence-electron chi connectivity index (χ2n) is 7.17. The maximum atomic E-state index is 6.15. The lowest BCUT2D eigenvalue weighted by Crippen LogP contribution is -2.46. The van der Waals surface area contributed by atoms with Gasteiger partial charge in [-0.1, -0.05) is 43.0 Å². The van der Waals surface area contributed by atoms with Crippen molar-refractivity contribution in [1.82, 2.24) is 4.90 Å². The van der Waals surface area contributed by atoms with Gasteiger partial charge >= 0.3 is 0 Å². The summed E-state index contributed by atoms with van der Waals surface area (Å²) in [6.45, 7) is 7.51. The molecule has 0 saturated carbocycles. The van der Waals surface area contributed by atoms with Crippen LogP contribution in [-0.2, 0) is 9.47 Å². The van der Waals surface area contributed by atoms with Crippen LogP contribution in [0.5, 0.6) is 5.75 Å². The Hall–Kier alpha value is -0.520. The fraction of sp³-hybridized carbons (Fsp3) is 0.714. The van der Waals surface area contributed by atoms with E-state index in [9.17, 15) is 0 Å². The summed E-state index contributed by atoms with van der Waals surface area (Å²) in [5.74, 6) is 1.27. The van der Waals surface area contributed by atoms with Crippen molar-refractivity contribution in [3.8, 4) is 5.75 Å². The minimum absolute atomic E-state index is 0.243. The van der Waals surface area contributed by atoms with Gasteiger partial charge in [0.25, 0.3) is 0 Å². The molecular formula is C21H33Cl2NO3. The zero-order valence-corrected chi connectivity index (χ0v) is 18.1. The Kier molecular flexibility index (Phi) is 10.8. The highest BCUT2D eigenvalue weighted by Crippen LogP contribution is 2.28. The van der Waals surface area contributed by atoms with E-state index in [1.54, 1.807) is 19.2 Å². The van der Waals surface area contributed by atoms with Crippen LogP contribution in [0.1, 0.15) is 39.0 Å². The fourth-order valence-corrected chi connectivity index (χ4v) is 3.80. The Bertz CT molecular complexity index is 544. The Balaban J connectivity index is 1.81. The van der Waals surface area contributed by atoms with Gasteiger partial charge in [0, 0.05) is 19.7 Å². The molecule has 6 heteroatoms. The number of hydrogen-bond acceptors (Lipinski definition) is 4. The molecule has 0 spiro atoms. The van der Waals surface area contributed by atoms with Crippen molar-refractivity contribution in [3.05, 3.63) is 28.2 Å². The van der Waals surface area contributed by atoms with Crippen molar-refractivity contribution in [2.24, 2.45) is 5.92 Å². The number of halogens is 2. The molecule has 1 aromatic rings. The molecule has 0 aromatic heterocycles. The van der Waals surface area contributed by atoms with Gasteiger partial charge in [-0.3, -0.25) is 0 Å². The van der Waals surface area contributed by atoms with Crippen molar-refractivity contribution in [1.29, 1.82) is 0 Å². The Morgan fingerprint density at radius 3 is 2.70 bits per heavy atom. The Morgan fingerprint density at radius 2 is 1.96 bits per heavy atom. The van der Waals surface area contributed by atoms with Gasteiger partial charge in [0.2, 0.25) is 0 Å². The largest absolute Gasteiger partial charge is 0.494 e. The monoisotopic (exact) mass is 417 g/mol. The quantitative estimate of drug-likeness (QED) is 0.431. The minimum atomic E-state index is 0.243. The number of likely N-dealkylation sites (tertiary alicyclic amines) is 1. The highest BCUT2D eigenvalue weighted by Gasteiger charge is 2.29. The van der Waals surface area contributed by atoms with E-state index in [1.165, 1.54) is 25.8 Å². The molecule has 1 fully saturated rings. The molecule has 0 radical (unpaired) electrons. The normalized spacial score (nSPS) is 20.7. The van der Waals surface area contributed by atoms with Crippen molar-refractivity contribution in [3.63, 3.8) is 0 Å². The minimum Gasteiger partial charge on any atom is -0.494 e. The summed E-state index contributed by atoms with van der Waals surface area (Å²) < 4.78 is 17.2. The topological polar surface area (TPSA) is 30.9 Å². The number of nitrogens with zero attached hydrogens (tertiary/aromatic N) is 1. The average Bonchev–Trinajstić information content (AvgIpc) is 2.66. The van der Waals surface area contributed by atoms with Crippen LogP contribution in [-0.4, -0.2) is 57.6 Å². The van der Waals surface area contributed by atoms with E-state index < -0.39 is 0 Å². The third-order valence-electron chi connectivity index (χ3n) is 5.13. The van der Waals surface area contributed by atoms with Gasteiger partial charge in [0.15, 0.2) is 0 Å². The highest BCUT2D eigenvalue weighted by atomic mass is 35.5. The van der Waals surface area contributed by atoms with Crippen LogP contribution >= 0.6 is 23.2 Å². The third-order valence-corrected chi connectivity index (χ3v) is 5.86. The molecule has 27 heavy (non-hydrogen) atoms. The van der Waals surface area contributed by atoms with Crippen LogP contribution in [0, 0.1) is 5.92 Å². The standard InChI is InChI=1S/C21H33Cl2NO3/c1-3-4-5-10-24-11-8-17(21(16-24)27-14-13-25-2)9-12-26-18-6-7-19(22)20(23)15-18/h6-7,15,17,21H,3-5,8-14,16H2,1-2H3/t17-,21+/m1/s1. The van der Waals surface area contributed by atoms with E-state index in [0.29, 0.717) is 35.8 Å². The lowest BCUT2D eigenvalue weighted by Gasteiger charge is -2.38. The van der Waals surface area contributed by atoms with Crippen LogP contribution in [0.3, 0.4) is 0 Å². The number of ether oxygens (including phenoxy) is 3. The summed E-state index contributed by atoms with van der Waals surface area (Å²) >= 11 is 12.0. The maximum Gasteiger partial charge on any atom is 0.120 e. The van der Waals surface area contributed by atoms with Crippen molar-refractivity contribution < 1.29 is 14.2 Å². The van der Waals surface area contributed by atoms with Crippen LogP contribution in [0.15, 0.2) is 18.2 Å². The molecule has 0 aliphatic carbocycles. The summed E-state index contributed by atoms with van der Waals surface area (Å²) in [6.07, 6.45) is 6.19. The lowest BCUT2D eigenvalue weighted by atomic mass is 9.90. The van der Waals surface area contributed by atoms with Gasteiger partial charge in [-0.25, -0.2) is 0 Å². The number of rotatable bonds is 12. The molecule has 1 saturated heterocycles. The van der Waals surface area contributed by atoms with E-state index in [2.05, 4.69) is 11.8 Å². The van der Waals surface area contributed by atoms with Crippen LogP contribution in [0.4, 0.5) is 0 Å². The molecule has 1 heterocycles. The van der Waals surface area contributed by atoms with E-state index >= 15 is 0 Å². The molecule has 0 bridgehead atoms. The maximum absolute atomic E-state index is 6.15. The first-order valence-corrected chi connectivity index (χ1v) is 10.8. The SMILES string of the molecule is CCCCCN1CC[C@H](CCOc2ccc(Cl)c(Cl)c2)[C@@H](OCCOC)C1. The van der Waals surface area contributed by atoms with Crippen LogP contribution in [0.2, 0.25) is 10.0 Å². The van der Waals surface area contributed by atoms with E-state index in [-0.39, 0.29) is 6.10 Å². The summed E-state index contributed by atoms with van der Waals surface area (Å²) in [5, 5.41) is 1.07. The first-order chi connectivity index (χ1) is 13.1. The van der Waals surface area contributed by atoms with Gasteiger partial charge in [0.1, 0.15) is 5.75 Å². The second-order valence-corrected chi connectivity index (χ2v) is 7.99. The first kappa shape index (κ1) is 22.8. The predicted octanol–water partition coefficient (Wildman–Crippen LogP) is 5.31. The molecule has 1 aliphatic heterocycles. The van der Waals surface area contributed by atoms with Gasteiger partial charge in [-0.05, 0) is 50.4 Å². The number of unbranched alkanes of at least 4 members (excludes halogenated alkanes) is 2. The molecule has 1 aromatic carbocycles. The van der Waals surface area contributed by atoms with Crippen LogP contribution in [0.25, 0.3) is 0 Å². The first-order valence-electron chi connectivity index (χ1n) is 10.0. The van der Waals surface area contributed by atoms with Gasteiger partial charge in [0.05, 0.1) is 36.0 Å². The fourth-order valence-electron chi connectivity index (χ4n) is 3.51. The van der Waals surface area contributed by atoms with Crippen LogP contribution < -0.4 is 4.74 Å². The zero-order chi connectivity index (χ0) is 19.5. The molecule has 2 atom stereocenters. The van der Waals surface area contributed by atoms with Crippen molar-refractivity contribution in [2.75, 3.05) is 46.6 Å². The molecule has 154 valence electrons. The van der Waals surface area contributed by atoms with E-state index in [4.69, 9.17) is 37.4 Å². The molecule has 0 amide bonds. The summed E-state index contributed by atoms with van der Waals surface area (Å²) in [6, 6.07) is 5.40. The highest BCUT2D eigenvalue weighted by molar-refractivity contribution is 6.42. The number of hydrogen-bond donors (Lipinski definition) is 0. The third kappa shape index (κ3) is 8.16. The van der Waals surface area contributed by atoms with E-state index in [0.717, 1.165) is 31.7 Å². The molecule has 2 rings (SSSR count). The Morgan fingerprint density at radius 1 is 1.11 bits per heavy atom. The Labute approximate surface area is 174 Å². The summed E-state index contributed by atoms with van der Waals surface area (Å²) in [5.41, 5.74) is 0.